The van der Waals surface area contributed by atoms with Gasteiger partial charge in [-0.3, -0.25) is 0 Å². The molecule has 3 aromatic rings. The minimum absolute atomic E-state index is 0.623. The summed E-state index contributed by atoms with van der Waals surface area (Å²) in [5, 5.41) is 4.19. The van der Waals surface area contributed by atoms with E-state index in [0.717, 1.165) is 33.5 Å². The van der Waals surface area contributed by atoms with E-state index in [4.69, 9.17) is 4.74 Å². The largest absolute Gasteiger partial charge is 0.486 e. The third-order valence-corrected chi connectivity index (χ3v) is 4.26. The first-order valence-corrected chi connectivity index (χ1v) is 7.47. The van der Waals surface area contributed by atoms with Crippen molar-refractivity contribution in [3.8, 4) is 26.9 Å². The van der Waals surface area contributed by atoms with Crippen LogP contribution in [0.4, 0.5) is 5.82 Å². The molecule has 1 aromatic carbocycles. The van der Waals surface area contributed by atoms with Crippen LogP contribution in [0.2, 0.25) is 0 Å². The highest BCUT2D eigenvalue weighted by atomic mass is 32.1. The molecule has 1 aliphatic rings. The summed E-state index contributed by atoms with van der Waals surface area (Å²) in [6.45, 7) is 1.39. The lowest BCUT2D eigenvalue weighted by molar-refractivity contribution is 0.321. The van der Waals surface area contributed by atoms with Crippen molar-refractivity contribution in [2.24, 2.45) is 0 Å². The Hall–Kier alpha value is -2.47. The van der Waals surface area contributed by atoms with E-state index in [1.165, 1.54) is 0 Å². The fourth-order valence-corrected chi connectivity index (χ4v) is 3.15. The lowest BCUT2D eigenvalue weighted by atomic mass is 10.2. The number of anilines is 1. The topological polar surface area (TPSA) is 59.9 Å². The van der Waals surface area contributed by atoms with Crippen molar-refractivity contribution in [3.05, 3.63) is 42.9 Å². The van der Waals surface area contributed by atoms with Crippen LogP contribution in [0.15, 0.2) is 42.9 Å². The van der Waals surface area contributed by atoms with Crippen LogP contribution in [0.3, 0.4) is 0 Å². The molecule has 3 heterocycles. The molecule has 5 nitrogen and oxygen atoms in total. The van der Waals surface area contributed by atoms with Gasteiger partial charge in [-0.1, -0.05) is 30.3 Å². The van der Waals surface area contributed by atoms with Crippen molar-refractivity contribution in [1.29, 1.82) is 0 Å². The van der Waals surface area contributed by atoms with Gasteiger partial charge >= 0.3 is 0 Å². The van der Waals surface area contributed by atoms with Gasteiger partial charge < -0.3 is 10.1 Å². The van der Waals surface area contributed by atoms with Crippen LogP contribution < -0.4 is 10.1 Å². The maximum absolute atomic E-state index is 5.72. The van der Waals surface area contributed by atoms with Crippen molar-refractivity contribution >= 4 is 17.2 Å². The number of hydrogen-bond donors (Lipinski definition) is 1. The second-order valence-electron chi connectivity index (χ2n) is 4.57. The highest BCUT2D eigenvalue weighted by Crippen LogP contribution is 2.39. The lowest BCUT2D eigenvalue weighted by Gasteiger charge is -2.19. The summed E-state index contributed by atoms with van der Waals surface area (Å²) in [6.07, 6.45) is 3.39. The molecule has 6 heteroatoms. The van der Waals surface area contributed by atoms with Gasteiger partial charge in [-0.05, 0) is 0 Å². The van der Waals surface area contributed by atoms with Crippen LogP contribution in [-0.4, -0.2) is 28.1 Å². The Kier molecular flexibility index (Phi) is 3.01. The van der Waals surface area contributed by atoms with Gasteiger partial charge in [0.1, 0.15) is 23.6 Å². The predicted molar refractivity (Wildman–Crippen MR) is 82.6 cm³/mol. The maximum atomic E-state index is 5.72. The van der Waals surface area contributed by atoms with E-state index in [1.54, 1.807) is 17.7 Å². The van der Waals surface area contributed by atoms with Gasteiger partial charge in [-0.15, -0.1) is 11.3 Å². The zero-order chi connectivity index (χ0) is 14.1. The quantitative estimate of drug-likeness (QED) is 0.787. The third kappa shape index (κ3) is 2.23. The zero-order valence-electron chi connectivity index (χ0n) is 11.1. The fraction of sp³-hybridized carbons (Fsp3) is 0.133. The van der Waals surface area contributed by atoms with E-state index in [2.05, 4.69) is 32.4 Å². The van der Waals surface area contributed by atoms with E-state index < -0.39 is 0 Å². The minimum Gasteiger partial charge on any atom is -0.486 e. The Balaban J connectivity index is 1.77. The molecule has 0 fully saturated rings. The summed E-state index contributed by atoms with van der Waals surface area (Å²) >= 11 is 1.60. The van der Waals surface area contributed by atoms with Gasteiger partial charge in [0, 0.05) is 11.8 Å². The number of nitrogens with zero attached hydrogens (tertiary/aromatic N) is 3. The molecule has 0 saturated heterocycles. The second-order valence-corrected chi connectivity index (χ2v) is 5.60. The number of hydrogen-bond acceptors (Lipinski definition) is 6. The molecule has 0 spiro atoms. The van der Waals surface area contributed by atoms with Crippen LogP contribution in [-0.2, 0) is 0 Å². The molecule has 4 rings (SSSR count). The second kappa shape index (κ2) is 5.14. The molecule has 0 saturated carbocycles. The van der Waals surface area contributed by atoms with Crippen LogP contribution in [0.5, 0.6) is 5.75 Å². The summed E-state index contributed by atoms with van der Waals surface area (Å²) in [6, 6.07) is 10.1. The first kappa shape index (κ1) is 12.3. The van der Waals surface area contributed by atoms with Crippen LogP contribution in [0, 0.1) is 0 Å². The number of aromatic nitrogens is 3. The average Bonchev–Trinajstić information content (AvgIpc) is 3.05. The molecule has 1 aliphatic heterocycles. The molecule has 0 aliphatic carbocycles. The first-order valence-electron chi connectivity index (χ1n) is 6.65. The van der Waals surface area contributed by atoms with E-state index in [9.17, 15) is 0 Å². The number of nitrogens with one attached hydrogen (secondary N) is 1. The van der Waals surface area contributed by atoms with Gasteiger partial charge in [-0.25, -0.2) is 15.0 Å². The summed E-state index contributed by atoms with van der Waals surface area (Å²) < 4.78 is 5.72. The number of rotatable bonds is 2. The van der Waals surface area contributed by atoms with Crippen molar-refractivity contribution in [2.75, 3.05) is 18.5 Å². The minimum atomic E-state index is 0.623. The van der Waals surface area contributed by atoms with Crippen molar-refractivity contribution in [2.45, 2.75) is 0 Å². The van der Waals surface area contributed by atoms with Gasteiger partial charge in [0.15, 0.2) is 11.6 Å². The number of benzene rings is 1. The Morgan fingerprint density at radius 2 is 2.00 bits per heavy atom. The smallest absolute Gasteiger partial charge is 0.188 e. The molecular weight excluding hydrogens is 284 g/mol. The highest BCUT2D eigenvalue weighted by Gasteiger charge is 2.19. The molecule has 0 unspecified atom stereocenters. The van der Waals surface area contributed by atoms with E-state index in [1.807, 2.05) is 24.4 Å². The summed E-state index contributed by atoms with van der Waals surface area (Å²) in [5.74, 6) is 1.47. The van der Waals surface area contributed by atoms with E-state index >= 15 is 0 Å². The molecular formula is C15H12N4OS. The highest BCUT2D eigenvalue weighted by molar-refractivity contribution is 7.18. The third-order valence-electron chi connectivity index (χ3n) is 3.20. The maximum Gasteiger partial charge on any atom is 0.188 e. The van der Waals surface area contributed by atoms with E-state index in [-0.39, 0.29) is 0 Å². The van der Waals surface area contributed by atoms with Crippen LogP contribution in [0.1, 0.15) is 0 Å². The average molecular weight is 296 g/mol. The van der Waals surface area contributed by atoms with Crippen molar-refractivity contribution in [1.82, 2.24) is 15.0 Å². The fourth-order valence-electron chi connectivity index (χ4n) is 2.23. The summed E-state index contributed by atoms with van der Waals surface area (Å²) in [7, 11) is 0. The van der Waals surface area contributed by atoms with Gasteiger partial charge in [-0.2, -0.15) is 0 Å². The molecule has 1 N–H and O–H groups in total. The van der Waals surface area contributed by atoms with Crippen LogP contribution >= 0.6 is 11.3 Å². The van der Waals surface area contributed by atoms with Gasteiger partial charge in [0.2, 0.25) is 0 Å². The number of ether oxygens (including phenoxy) is 1. The van der Waals surface area contributed by atoms with Crippen LogP contribution in [0.25, 0.3) is 21.1 Å². The summed E-state index contributed by atoms with van der Waals surface area (Å²) in [4.78, 5) is 14.0. The summed E-state index contributed by atoms with van der Waals surface area (Å²) in [5.41, 5.74) is 1.91. The SMILES string of the molecule is c1ccc(-c2ncc(-c3ncnc4c3OCCN4)s2)cc1. The first-order chi connectivity index (χ1) is 10.4. The Bertz CT molecular complexity index is 772. The number of fused-ring (bicyclic) bond motifs is 1. The zero-order valence-corrected chi connectivity index (χ0v) is 11.9. The monoisotopic (exact) mass is 296 g/mol. The standard InChI is InChI=1S/C15H12N4OS/c1-2-4-10(5-3-1)15-17-8-11(21-15)12-13-14(19-9-18-12)16-6-7-20-13/h1-5,8-9H,6-7H2,(H,16,18,19). The lowest BCUT2D eigenvalue weighted by Crippen LogP contribution is -2.19. The van der Waals surface area contributed by atoms with Gasteiger partial charge in [0.25, 0.3) is 0 Å². The predicted octanol–water partition coefficient (Wildman–Crippen LogP) is 3.07. The molecule has 21 heavy (non-hydrogen) atoms. The Morgan fingerprint density at radius 3 is 2.90 bits per heavy atom. The Labute approximate surface area is 125 Å². The molecule has 0 radical (unpaired) electrons. The van der Waals surface area contributed by atoms with Gasteiger partial charge in [0.05, 0.1) is 11.4 Å². The van der Waals surface area contributed by atoms with E-state index in [0.29, 0.717) is 12.4 Å². The number of thiazole rings is 1. The molecule has 0 atom stereocenters. The Morgan fingerprint density at radius 1 is 1.10 bits per heavy atom. The van der Waals surface area contributed by atoms with Crippen molar-refractivity contribution in [3.63, 3.8) is 0 Å². The molecule has 0 bridgehead atoms. The van der Waals surface area contributed by atoms with Crippen molar-refractivity contribution < 1.29 is 4.74 Å². The molecule has 2 aromatic heterocycles. The molecule has 104 valence electrons. The normalized spacial score (nSPS) is 13.1. The molecule has 0 amide bonds.